The summed E-state index contributed by atoms with van der Waals surface area (Å²) in [5, 5.41) is 0. The first-order chi connectivity index (χ1) is 7.64. The Hall–Kier alpha value is -1.05. The Morgan fingerprint density at radius 3 is 2.47 bits per heavy atom. The molecule has 0 radical (unpaired) electrons. The largest absolute Gasteiger partial charge is 0.461 e. The van der Waals surface area contributed by atoms with Crippen LogP contribution in [0.2, 0.25) is 0 Å². The van der Waals surface area contributed by atoms with Crippen LogP contribution in [-0.2, 0) is 9.53 Å². The number of hydrogen-bond acceptors (Lipinski definition) is 2. The zero-order chi connectivity index (χ0) is 13.3. The average molecular weight is 236 g/mol. The summed E-state index contributed by atoms with van der Waals surface area (Å²) < 4.78 is 5.42. The summed E-state index contributed by atoms with van der Waals surface area (Å²) in [6, 6.07) is 0. The molecule has 1 rings (SSSR count). The van der Waals surface area contributed by atoms with E-state index in [2.05, 4.69) is 32.9 Å². The van der Waals surface area contributed by atoms with Gasteiger partial charge in [0.05, 0.1) is 5.41 Å². The van der Waals surface area contributed by atoms with Crippen LogP contribution in [0.25, 0.3) is 0 Å². The number of allylic oxidation sites excluding steroid dienone is 3. The molecule has 0 bridgehead atoms. The van der Waals surface area contributed by atoms with Gasteiger partial charge in [-0.05, 0) is 50.7 Å². The van der Waals surface area contributed by atoms with E-state index in [9.17, 15) is 4.79 Å². The fourth-order valence-corrected chi connectivity index (χ4v) is 1.95. The van der Waals surface area contributed by atoms with Crippen molar-refractivity contribution in [2.24, 2.45) is 10.8 Å². The highest BCUT2D eigenvalue weighted by Crippen LogP contribution is 2.37. The molecule has 0 unspecified atom stereocenters. The predicted octanol–water partition coefficient (Wildman–Crippen LogP) is 3.88. The van der Waals surface area contributed by atoms with Crippen molar-refractivity contribution in [1.29, 1.82) is 0 Å². The van der Waals surface area contributed by atoms with Gasteiger partial charge in [-0.2, -0.15) is 0 Å². The van der Waals surface area contributed by atoms with Crippen LogP contribution < -0.4 is 0 Å². The number of esters is 1. The molecular weight excluding hydrogens is 212 g/mol. The SMILES string of the molecule is CC1=C(COC(=O)C(C)(C)C)C(C)(C)CC=C1. The van der Waals surface area contributed by atoms with Gasteiger partial charge in [-0.15, -0.1) is 0 Å². The fourth-order valence-electron chi connectivity index (χ4n) is 1.95. The Morgan fingerprint density at radius 2 is 2.00 bits per heavy atom. The molecule has 0 saturated carbocycles. The molecule has 0 aromatic carbocycles. The lowest BCUT2D eigenvalue weighted by Gasteiger charge is -2.31. The first-order valence-electron chi connectivity index (χ1n) is 6.18. The summed E-state index contributed by atoms with van der Waals surface area (Å²) in [4.78, 5) is 11.8. The predicted molar refractivity (Wildman–Crippen MR) is 70.7 cm³/mol. The molecule has 0 aromatic heterocycles. The molecule has 0 N–H and O–H groups in total. The molecule has 0 atom stereocenters. The fraction of sp³-hybridized carbons (Fsp3) is 0.667. The van der Waals surface area contributed by atoms with Crippen LogP contribution in [0.15, 0.2) is 23.3 Å². The molecule has 96 valence electrons. The van der Waals surface area contributed by atoms with E-state index in [1.165, 1.54) is 11.1 Å². The second kappa shape index (κ2) is 4.67. The number of hydrogen-bond donors (Lipinski definition) is 0. The van der Waals surface area contributed by atoms with Gasteiger partial charge < -0.3 is 4.74 Å². The molecule has 0 spiro atoms. The molecular formula is C15H24O2. The van der Waals surface area contributed by atoms with Crippen molar-refractivity contribution in [2.75, 3.05) is 6.61 Å². The van der Waals surface area contributed by atoms with Gasteiger partial charge in [0, 0.05) is 0 Å². The minimum Gasteiger partial charge on any atom is -0.461 e. The van der Waals surface area contributed by atoms with Gasteiger partial charge in [0.2, 0.25) is 0 Å². The Kier molecular flexibility index (Phi) is 3.85. The van der Waals surface area contributed by atoms with Crippen molar-refractivity contribution < 1.29 is 9.53 Å². The summed E-state index contributed by atoms with van der Waals surface area (Å²) in [6.07, 6.45) is 5.31. The zero-order valence-corrected chi connectivity index (χ0v) is 11.9. The smallest absolute Gasteiger partial charge is 0.311 e. The molecule has 2 heteroatoms. The Bertz CT molecular complexity index is 365. The quantitative estimate of drug-likeness (QED) is 0.680. The number of rotatable bonds is 2. The van der Waals surface area contributed by atoms with E-state index in [4.69, 9.17) is 4.74 Å². The molecule has 0 saturated heterocycles. The Morgan fingerprint density at radius 1 is 1.41 bits per heavy atom. The number of ether oxygens (including phenoxy) is 1. The lowest BCUT2D eigenvalue weighted by molar-refractivity contribution is -0.152. The third kappa shape index (κ3) is 3.45. The third-order valence-corrected chi connectivity index (χ3v) is 3.25. The van der Waals surface area contributed by atoms with Crippen LogP contribution in [0.3, 0.4) is 0 Å². The van der Waals surface area contributed by atoms with Gasteiger partial charge in [0.15, 0.2) is 0 Å². The zero-order valence-electron chi connectivity index (χ0n) is 11.9. The molecule has 2 nitrogen and oxygen atoms in total. The van der Waals surface area contributed by atoms with Crippen molar-refractivity contribution >= 4 is 5.97 Å². The van der Waals surface area contributed by atoms with Crippen molar-refractivity contribution in [3.05, 3.63) is 23.3 Å². The molecule has 17 heavy (non-hydrogen) atoms. The van der Waals surface area contributed by atoms with E-state index in [1.807, 2.05) is 20.8 Å². The monoisotopic (exact) mass is 236 g/mol. The minimum absolute atomic E-state index is 0.0942. The van der Waals surface area contributed by atoms with Gasteiger partial charge >= 0.3 is 5.97 Å². The van der Waals surface area contributed by atoms with Crippen LogP contribution in [0.4, 0.5) is 0 Å². The van der Waals surface area contributed by atoms with Crippen molar-refractivity contribution in [2.45, 2.75) is 48.0 Å². The van der Waals surface area contributed by atoms with Crippen LogP contribution in [0.1, 0.15) is 48.0 Å². The molecule has 0 fully saturated rings. The molecule has 0 aliphatic heterocycles. The normalized spacial score (nSPS) is 19.4. The second-order valence-corrected chi connectivity index (χ2v) is 6.48. The third-order valence-electron chi connectivity index (χ3n) is 3.25. The lowest BCUT2D eigenvalue weighted by atomic mass is 9.76. The molecule has 0 heterocycles. The van der Waals surface area contributed by atoms with Gasteiger partial charge in [0.25, 0.3) is 0 Å². The van der Waals surface area contributed by atoms with Crippen molar-refractivity contribution in [3.8, 4) is 0 Å². The molecule has 0 aromatic rings. The summed E-state index contributed by atoms with van der Waals surface area (Å²) in [5.74, 6) is -0.136. The molecule has 1 aliphatic rings. The van der Waals surface area contributed by atoms with Gasteiger partial charge in [0.1, 0.15) is 6.61 Å². The maximum atomic E-state index is 11.8. The summed E-state index contributed by atoms with van der Waals surface area (Å²) >= 11 is 0. The van der Waals surface area contributed by atoms with Gasteiger partial charge in [-0.3, -0.25) is 4.79 Å². The van der Waals surface area contributed by atoms with E-state index in [0.29, 0.717) is 6.61 Å². The van der Waals surface area contributed by atoms with Crippen LogP contribution in [-0.4, -0.2) is 12.6 Å². The summed E-state index contributed by atoms with van der Waals surface area (Å²) in [5.41, 5.74) is 2.13. The first-order valence-corrected chi connectivity index (χ1v) is 6.18. The van der Waals surface area contributed by atoms with E-state index in [1.54, 1.807) is 0 Å². The average Bonchev–Trinajstić information content (AvgIpc) is 2.14. The molecule has 0 amide bonds. The first kappa shape index (κ1) is 14.0. The maximum absolute atomic E-state index is 11.8. The minimum atomic E-state index is -0.427. The molecule has 1 aliphatic carbocycles. The van der Waals surface area contributed by atoms with Crippen LogP contribution >= 0.6 is 0 Å². The number of carbonyl (C=O) groups excluding carboxylic acids is 1. The highest BCUT2D eigenvalue weighted by Gasteiger charge is 2.29. The second-order valence-electron chi connectivity index (χ2n) is 6.48. The Labute approximate surface area is 105 Å². The van der Waals surface area contributed by atoms with E-state index in [0.717, 1.165) is 6.42 Å². The van der Waals surface area contributed by atoms with Gasteiger partial charge in [-0.25, -0.2) is 0 Å². The van der Waals surface area contributed by atoms with E-state index < -0.39 is 5.41 Å². The summed E-state index contributed by atoms with van der Waals surface area (Å²) in [6.45, 7) is 12.5. The van der Waals surface area contributed by atoms with E-state index in [-0.39, 0.29) is 11.4 Å². The Balaban J connectivity index is 2.74. The topological polar surface area (TPSA) is 26.3 Å². The lowest BCUT2D eigenvalue weighted by Crippen LogP contribution is -2.27. The number of carbonyl (C=O) groups is 1. The highest BCUT2D eigenvalue weighted by atomic mass is 16.5. The van der Waals surface area contributed by atoms with Crippen LogP contribution in [0, 0.1) is 10.8 Å². The standard InChI is InChI=1S/C15H24O2/c1-11-8-7-9-15(5,6)12(11)10-17-13(16)14(2,3)4/h7-8H,9-10H2,1-6H3. The van der Waals surface area contributed by atoms with Crippen molar-refractivity contribution in [1.82, 2.24) is 0 Å². The van der Waals surface area contributed by atoms with Gasteiger partial charge in [-0.1, -0.05) is 26.0 Å². The van der Waals surface area contributed by atoms with E-state index >= 15 is 0 Å². The van der Waals surface area contributed by atoms with Crippen LogP contribution in [0.5, 0.6) is 0 Å². The summed E-state index contributed by atoms with van der Waals surface area (Å²) in [7, 11) is 0. The van der Waals surface area contributed by atoms with Crippen molar-refractivity contribution in [3.63, 3.8) is 0 Å². The maximum Gasteiger partial charge on any atom is 0.311 e. The highest BCUT2D eigenvalue weighted by molar-refractivity contribution is 5.75.